The Bertz CT molecular complexity index is 1020. The normalized spacial score (nSPS) is 13.2. The minimum Gasteiger partial charge on any atom is -0.352 e. The number of carbonyl (C=O) groups is 1. The van der Waals surface area contributed by atoms with E-state index in [1.54, 1.807) is 0 Å². The number of rotatable bonds is 8. The van der Waals surface area contributed by atoms with Crippen molar-refractivity contribution in [2.24, 2.45) is 0 Å². The summed E-state index contributed by atoms with van der Waals surface area (Å²) < 4.78 is 0. The molecule has 2 aromatic carbocycles. The van der Waals surface area contributed by atoms with Crippen LogP contribution in [0, 0.1) is 0 Å². The second kappa shape index (κ2) is 10.1. The molecule has 0 spiro atoms. The number of carbonyl (C=O) groups excluding carboxylic acids is 1. The lowest BCUT2D eigenvalue weighted by molar-refractivity contribution is 0.0953. The van der Waals surface area contributed by atoms with Crippen molar-refractivity contribution in [1.82, 2.24) is 15.6 Å². The first kappa shape index (κ1) is 20.8. The molecule has 0 saturated carbocycles. The molecule has 156 valence electrons. The second-order valence-corrected chi connectivity index (χ2v) is 8.26. The van der Waals surface area contributed by atoms with E-state index >= 15 is 0 Å². The standard InChI is InChI=1S/C25H28ClN3O/c26-24-20-9-4-5-10-22(20)29-23-17-19(11-12-21(23)24)25(30)28-15-6-14-27-16-13-18-7-2-1-3-8-18/h1-3,7-8,11-12,17,27H,4-6,9-10,13-16H2,(H,28,30). The van der Waals surface area contributed by atoms with E-state index in [9.17, 15) is 4.79 Å². The van der Waals surface area contributed by atoms with Crippen LogP contribution < -0.4 is 10.6 Å². The molecule has 4 nitrogen and oxygen atoms in total. The fraction of sp³-hybridized carbons (Fsp3) is 0.360. The van der Waals surface area contributed by atoms with Gasteiger partial charge in [-0.25, -0.2) is 0 Å². The molecule has 1 aliphatic carbocycles. The lowest BCUT2D eigenvalue weighted by Gasteiger charge is -2.18. The van der Waals surface area contributed by atoms with Crippen molar-refractivity contribution in [3.8, 4) is 0 Å². The first-order valence-electron chi connectivity index (χ1n) is 10.9. The summed E-state index contributed by atoms with van der Waals surface area (Å²) in [6.45, 7) is 2.47. The van der Waals surface area contributed by atoms with Gasteiger partial charge in [0.2, 0.25) is 0 Å². The number of amides is 1. The van der Waals surface area contributed by atoms with E-state index in [4.69, 9.17) is 16.6 Å². The number of benzene rings is 2. The Kier molecular flexibility index (Phi) is 6.98. The van der Waals surface area contributed by atoms with Gasteiger partial charge in [0.15, 0.2) is 0 Å². The van der Waals surface area contributed by atoms with Crippen LogP contribution in [0.2, 0.25) is 5.02 Å². The van der Waals surface area contributed by atoms with Crippen LogP contribution in [0.15, 0.2) is 48.5 Å². The highest BCUT2D eigenvalue weighted by Gasteiger charge is 2.17. The Balaban J connectivity index is 1.26. The zero-order chi connectivity index (χ0) is 20.8. The van der Waals surface area contributed by atoms with Crippen molar-refractivity contribution in [2.45, 2.75) is 38.5 Å². The molecule has 1 amide bonds. The average molecular weight is 422 g/mol. The lowest BCUT2D eigenvalue weighted by atomic mass is 9.94. The summed E-state index contributed by atoms with van der Waals surface area (Å²) >= 11 is 6.63. The number of halogens is 1. The van der Waals surface area contributed by atoms with Gasteiger partial charge in [-0.05, 0) is 74.9 Å². The van der Waals surface area contributed by atoms with Crippen LogP contribution in [0.1, 0.15) is 46.4 Å². The molecule has 4 rings (SSSR count). The maximum Gasteiger partial charge on any atom is 0.251 e. The zero-order valence-corrected chi connectivity index (χ0v) is 18.0. The number of pyridine rings is 1. The van der Waals surface area contributed by atoms with Crippen LogP contribution >= 0.6 is 11.6 Å². The van der Waals surface area contributed by atoms with E-state index in [2.05, 4.69) is 34.9 Å². The zero-order valence-electron chi connectivity index (χ0n) is 17.2. The van der Waals surface area contributed by atoms with E-state index in [-0.39, 0.29) is 5.91 Å². The third kappa shape index (κ3) is 5.00. The van der Waals surface area contributed by atoms with E-state index in [1.807, 2.05) is 24.3 Å². The first-order valence-corrected chi connectivity index (χ1v) is 11.2. The van der Waals surface area contributed by atoms with Crippen molar-refractivity contribution < 1.29 is 4.79 Å². The Morgan fingerprint density at radius 2 is 1.83 bits per heavy atom. The van der Waals surface area contributed by atoms with Crippen molar-refractivity contribution in [3.63, 3.8) is 0 Å². The molecule has 0 bridgehead atoms. The number of hydrogen-bond donors (Lipinski definition) is 2. The number of nitrogens with zero attached hydrogens (tertiary/aromatic N) is 1. The monoisotopic (exact) mass is 421 g/mol. The highest BCUT2D eigenvalue weighted by Crippen LogP contribution is 2.33. The quantitative estimate of drug-likeness (QED) is 0.517. The molecule has 1 aliphatic rings. The Labute approximate surface area is 183 Å². The van der Waals surface area contributed by atoms with Crippen molar-refractivity contribution >= 4 is 28.4 Å². The molecular formula is C25H28ClN3O. The van der Waals surface area contributed by atoms with E-state index in [1.165, 1.54) is 17.5 Å². The molecule has 0 aliphatic heterocycles. The maximum atomic E-state index is 12.5. The predicted molar refractivity (Wildman–Crippen MR) is 123 cm³/mol. The van der Waals surface area contributed by atoms with Gasteiger partial charge in [-0.3, -0.25) is 9.78 Å². The van der Waals surface area contributed by atoms with E-state index in [0.29, 0.717) is 12.1 Å². The molecule has 0 unspecified atom stereocenters. The van der Waals surface area contributed by atoms with Crippen molar-refractivity contribution in [1.29, 1.82) is 0 Å². The number of fused-ring (bicyclic) bond motifs is 2. The molecular weight excluding hydrogens is 394 g/mol. The van der Waals surface area contributed by atoms with Gasteiger partial charge in [0.25, 0.3) is 5.91 Å². The van der Waals surface area contributed by atoms with Gasteiger partial charge >= 0.3 is 0 Å². The van der Waals surface area contributed by atoms with Crippen LogP contribution in [-0.4, -0.2) is 30.5 Å². The van der Waals surface area contributed by atoms with Gasteiger partial charge in [-0.2, -0.15) is 0 Å². The summed E-state index contributed by atoms with van der Waals surface area (Å²) in [6.07, 6.45) is 6.20. The average Bonchev–Trinajstić information content (AvgIpc) is 2.79. The van der Waals surface area contributed by atoms with Crippen molar-refractivity contribution in [2.75, 3.05) is 19.6 Å². The van der Waals surface area contributed by atoms with Gasteiger partial charge in [-0.15, -0.1) is 0 Å². The molecule has 3 aromatic rings. The number of aromatic nitrogens is 1. The summed E-state index contributed by atoms with van der Waals surface area (Å²) in [5, 5.41) is 8.19. The number of aryl methyl sites for hydroxylation is 1. The first-order chi connectivity index (χ1) is 14.7. The molecule has 0 saturated heterocycles. The van der Waals surface area contributed by atoms with Gasteiger partial charge in [0.1, 0.15) is 0 Å². The summed E-state index contributed by atoms with van der Waals surface area (Å²) in [6, 6.07) is 16.1. The number of hydrogen-bond acceptors (Lipinski definition) is 3. The van der Waals surface area contributed by atoms with Gasteiger partial charge < -0.3 is 10.6 Å². The Morgan fingerprint density at radius 1 is 1.00 bits per heavy atom. The third-order valence-electron chi connectivity index (χ3n) is 5.70. The minimum absolute atomic E-state index is 0.0585. The van der Waals surface area contributed by atoms with Crippen molar-refractivity contribution in [3.05, 3.63) is 75.9 Å². The molecule has 1 heterocycles. The van der Waals surface area contributed by atoms with Gasteiger partial charge in [0, 0.05) is 23.2 Å². The van der Waals surface area contributed by atoms with Gasteiger partial charge in [0.05, 0.1) is 10.5 Å². The third-order valence-corrected chi connectivity index (χ3v) is 6.14. The van der Waals surface area contributed by atoms with Crippen LogP contribution in [0.3, 0.4) is 0 Å². The Hall–Kier alpha value is -2.43. The lowest BCUT2D eigenvalue weighted by Crippen LogP contribution is -2.28. The minimum atomic E-state index is -0.0585. The highest BCUT2D eigenvalue weighted by molar-refractivity contribution is 6.36. The molecule has 5 heteroatoms. The van der Waals surface area contributed by atoms with Gasteiger partial charge in [-0.1, -0.05) is 48.0 Å². The SMILES string of the molecule is O=C(NCCCNCCc1ccccc1)c1ccc2c(Cl)c3c(nc2c1)CCCC3. The largest absolute Gasteiger partial charge is 0.352 e. The maximum absolute atomic E-state index is 12.5. The smallest absolute Gasteiger partial charge is 0.251 e. The summed E-state index contributed by atoms with van der Waals surface area (Å²) in [5.74, 6) is -0.0585. The number of nitrogens with one attached hydrogen (secondary N) is 2. The molecule has 0 atom stereocenters. The second-order valence-electron chi connectivity index (χ2n) is 7.89. The molecule has 2 N–H and O–H groups in total. The highest BCUT2D eigenvalue weighted by atomic mass is 35.5. The van der Waals surface area contributed by atoms with E-state index in [0.717, 1.165) is 66.8 Å². The van der Waals surface area contributed by atoms with Crippen LogP contribution in [0.4, 0.5) is 0 Å². The topological polar surface area (TPSA) is 54.0 Å². The predicted octanol–water partition coefficient (Wildman–Crippen LogP) is 4.72. The van der Waals surface area contributed by atoms with Crippen LogP contribution in [0.25, 0.3) is 10.9 Å². The fourth-order valence-electron chi connectivity index (χ4n) is 4.03. The molecule has 30 heavy (non-hydrogen) atoms. The molecule has 0 radical (unpaired) electrons. The Morgan fingerprint density at radius 3 is 2.70 bits per heavy atom. The summed E-state index contributed by atoms with van der Waals surface area (Å²) in [5.41, 5.74) is 5.07. The summed E-state index contributed by atoms with van der Waals surface area (Å²) in [4.78, 5) is 17.3. The van der Waals surface area contributed by atoms with E-state index < -0.39 is 0 Å². The van der Waals surface area contributed by atoms with Crippen LogP contribution in [-0.2, 0) is 19.3 Å². The van der Waals surface area contributed by atoms with Crippen LogP contribution in [0.5, 0.6) is 0 Å². The fourth-order valence-corrected chi connectivity index (χ4v) is 4.39. The molecule has 0 fully saturated rings. The molecule has 1 aromatic heterocycles. The summed E-state index contributed by atoms with van der Waals surface area (Å²) in [7, 11) is 0.